The molecule has 0 saturated carbocycles. The number of aliphatic carboxylic acids is 4. The predicted octanol–water partition coefficient (Wildman–Crippen LogP) is 7.59. The number of carbonyl (C=O) groups excluding carboxylic acids is 4. The van der Waals surface area contributed by atoms with Gasteiger partial charge < -0.3 is 43.4 Å². The highest BCUT2D eigenvalue weighted by Crippen LogP contribution is 2.11. The molecule has 4 atom stereocenters. The number of carboxylic acid groups (broad SMARTS) is 4. The Balaban J connectivity index is -0.000000141. The fraction of sp³-hybridized carbons (Fsp3) is 0.745. The first-order valence-corrected chi connectivity index (χ1v) is 26.3. The molecule has 0 spiro atoms. The zero-order valence-corrected chi connectivity index (χ0v) is 41.3. The van der Waals surface area contributed by atoms with Crippen molar-refractivity contribution in [3.63, 3.8) is 0 Å². The second-order valence-corrected chi connectivity index (χ2v) is 19.0. The number of allylic oxidation sites excluding steroid dienone is 1. The van der Waals surface area contributed by atoms with E-state index < -0.39 is 48.0 Å². The summed E-state index contributed by atoms with van der Waals surface area (Å²) in [4.78, 5) is 86.5. The monoisotopic (exact) mass is 1030 g/mol. The van der Waals surface area contributed by atoms with Crippen LogP contribution in [-0.4, -0.2) is 138 Å². The molecule has 0 aromatic heterocycles. The predicted molar refractivity (Wildman–Crippen MR) is 285 cm³/mol. The summed E-state index contributed by atoms with van der Waals surface area (Å²) in [6.07, 6.45) is 19.8. The fourth-order valence-corrected chi connectivity index (χ4v) is 7.98. The second-order valence-electron chi connectivity index (χ2n) is 14.4. The summed E-state index contributed by atoms with van der Waals surface area (Å²) in [5.74, 6) is 4.30. The van der Waals surface area contributed by atoms with Crippen LogP contribution in [0.3, 0.4) is 0 Å². The highest BCUT2D eigenvalue weighted by Gasteiger charge is 2.13. The van der Waals surface area contributed by atoms with Gasteiger partial charge in [0.1, 0.15) is 47.3 Å². The van der Waals surface area contributed by atoms with Crippen LogP contribution in [0.1, 0.15) is 152 Å². The number of ketones is 4. The van der Waals surface area contributed by atoms with Gasteiger partial charge in [0.2, 0.25) is 0 Å². The summed E-state index contributed by atoms with van der Waals surface area (Å²) < 4.78 is 0. The lowest BCUT2D eigenvalue weighted by Gasteiger charge is -2.05. The molecule has 20 heteroatoms. The van der Waals surface area contributed by atoms with Crippen LogP contribution in [0.25, 0.3) is 0 Å². The summed E-state index contributed by atoms with van der Waals surface area (Å²) >= 11 is 5.93. The van der Waals surface area contributed by atoms with Crippen LogP contribution in [0.2, 0.25) is 0 Å². The van der Waals surface area contributed by atoms with Crippen molar-refractivity contribution in [3.8, 4) is 12.3 Å². The highest BCUT2D eigenvalue weighted by molar-refractivity contribution is 8.00. The van der Waals surface area contributed by atoms with Crippen LogP contribution < -0.4 is 22.9 Å². The zero-order chi connectivity index (χ0) is 49.6. The third-order valence-electron chi connectivity index (χ3n) is 8.23. The summed E-state index contributed by atoms with van der Waals surface area (Å²) in [7, 11) is 0. The quantitative estimate of drug-likeness (QED) is 0.0167. The molecule has 16 nitrogen and oxygen atoms in total. The van der Waals surface area contributed by atoms with Crippen molar-refractivity contribution >= 4 is 94.1 Å². The van der Waals surface area contributed by atoms with E-state index in [-0.39, 0.29) is 33.8 Å². The molecule has 394 valence electrons. The summed E-state index contributed by atoms with van der Waals surface area (Å²) in [5.41, 5.74) is 21.3. The van der Waals surface area contributed by atoms with Gasteiger partial charge in [0.05, 0.1) is 0 Å². The molecule has 0 bridgehead atoms. The van der Waals surface area contributed by atoms with Crippen LogP contribution in [0.15, 0.2) is 12.7 Å². The second kappa shape index (κ2) is 57.4. The molecular weight excluding hydrogens is 941 g/mol. The van der Waals surface area contributed by atoms with E-state index in [0.29, 0.717) is 92.4 Å². The van der Waals surface area contributed by atoms with Crippen molar-refractivity contribution in [3.05, 3.63) is 12.7 Å². The molecule has 0 fully saturated rings. The van der Waals surface area contributed by atoms with Gasteiger partial charge >= 0.3 is 23.9 Å². The smallest absolute Gasteiger partial charge is 0.321 e. The number of nitrogens with two attached hydrogens (primary N) is 4. The minimum Gasteiger partial charge on any atom is -0.480 e. The number of Topliss-reactive ketones (excluding diaryl/α,β-unsaturated/α-hetero) is 4. The van der Waals surface area contributed by atoms with Crippen LogP contribution in [0.5, 0.6) is 0 Å². The summed E-state index contributed by atoms with van der Waals surface area (Å²) in [6, 6.07) is -3.20. The van der Waals surface area contributed by atoms with Crippen molar-refractivity contribution in [2.24, 2.45) is 22.9 Å². The van der Waals surface area contributed by atoms with E-state index in [0.717, 1.165) is 80.8 Å². The molecule has 0 heterocycles. The molecule has 12 N–H and O–H groups in total. The van der Waals surface area contributed by atoms with E-state index in [1.54, 1.807) is 6.08 Å². The molecule has 0 unspecified atom stereocenters. The molecular formula is C47H90N4O12S4. The summed E-state index contributed by atoms with van der Waals surface area (Å²) in [6.45, 7) is 7.68. The molecule has 0 radical (unpaired) electrons. The van der Waals surface area contributed by atoms with Crippen LogP contribution in [0.4, 0.5) is 0 Å². The van der Waals surface area contributed by atoms with Gasteiger partial charge in [-0.2, -0.15) is 47.0 Å². The average molecular weight is 1030 g/mol. The first-order valence-electron chi connectivity index (χ1n) is 21.7. The van der Waals surface area contributed by atoms with Crippen LogP contribution >= 0.6 is 47.0 Å². The van der Waals surface area contributed by atoms with Gasteiger partial charge in [-0.15, -0.1) is 18.9 Å². The van der Waals surface area contributed by atoms with Gasteiger partial charge in [-0.05, 0) is 68.0 Å². The maximum Gasteiger partial charge on any atom is 0.321 e. The van der Waals surface area contributed by atoms with Gasteiger partial charge in [-0.1, -0.05) is 55.0 Å². The Kier molecular flexibility index (Phi) is 67.1. The maximum atomic E-state index is 11.3. The number of hydrogen-bond acceptors (Lipinski definition) is 16. The van der Waals surface area contributed by atoms with E-state index in [9.17, 15) is 38.4 Å². The SMILES string of the molecule is C.C.C.C#CCCC(=O)CCCSC[C@H](N)C(=O)O.C=CCCC(=O)CCCSC[C@H](N)C(=O)O.CCCCC(=O)CCCSC[C@H](N)C(=O)O.CCCCC(=O)CCCSC[C@H](N)C(=O)O. The average Bonchev–Trinajstić information content (AvgIpc) is 3.25. The normalized spacial score (nSPS) is 11.6. The van der Waals surface area contributed by atoms with Gasteiger partial charge in [0, 0.05) is 80.8 Å². The lowest BCUT2D eigenvalue weighted by Crippen LogP contribution is -2.32. The lowest BCUT2D eigenvalue weighted by atomic mass is 10.1. The Bertz CT molecular complexity index is 1310. The largest absolute Gasteiger partial charge is 0.480 e. The Morgan fingerprint density at radius 2 is 0.716 bits per heavy atom. The molecule has 0 aliphatic carbocycles. The zero-order valence-electron chi connectivity index (χ0n) is 38.1. The first kappa shape index (κ1) is 78.3. The number of carboxylic acids is 4. The molecule has 0 aromatic carbocycles. The molecule has 0 saturated heterocycles. The van der Waals surface area contributed by atoms with E-state index in [2.05, 4.69) is 26.3 Å². The Hall–Kier alpha value is -2.90. The number of unbranched alkanes of at least 4 members (excludes halogenated alkanes) is 2. The van der Waals surface area contributed by atoms with E-state index in [4.69, 9.17) is 49.8 Å². The van der Waals surface area contributed by atoms with Crippen molar-refractivity contribution < 1.29 is 58.8 Å². The topological polar surface area (TPSA) is 322 Å². The minimum atomic E-state index is -0.988. The van der Waals surface area contributed by atoms with Gasteiger partial charge in [-0.3, -0.25) is 38.4 Å². The fourth-order valence-electron chi connectivity index (χ4n) is 4.33. The van der Waals surface area contributed by atoms with Crippen LogP contribution in [-0.2, 0) is 38.4 Å². The molecule has 0 aliphatic heterocycles. The van der Waals surface area contributed by atoms with Gasteiger partial charge in [0.25, 0.3) is 0 Å². The molecule has 0 rings (SSSR count). The number of thioether (sulfide) groups is 4. The number of hydrogen-bond donors (Lipinski definition) is 8. The number of carbonyl (C=O) groups is 8. The molecule has 0 aromatic rings. The maximum absolute atomic E-state index is 11.3. The van der Waals surface area contributed by atoms with Crippen molar-refractivity contribution in [2.45, 2.75) is 176 Å². The van der Waals surface area contributed by atoms with Crippen molar-refractivity contribution in [1.82, 2.24) is 0 Å². The van der Waals surface area contributed by atoms with Crippen molar-refractivity contribution in [2.75, 3.05) is 46.0 Å². The first-order chi connectivity index (χ1) is 30.3. The lowest BCUT2D eigenvalue weighted by molar-refractivity contribution is -0.138. The minimum absolute atomic E-state index is 0. The summed E-state index contributed by atoms with van der Waals surface area (Å²) in [5, 5.41) is 34.1. The Morgan fingerprint density at radius 3 is 0.940 bits per heavy atom. The van der Waals surface area contributed by atoms with Crippen LogP contribution in [0, 0.1) is 12.3 Å². The third kappa shape index (κ3) is 63.1. The van der Waals surface area contributed by atoms with Crippen molar-refractivity contribution in [1.29, 1.82) is 0 Å². The molecule has 0 amide bonds. The van der Waals surface area contributed by atoms with Gasteiger partial charge in [0.15, 0.2) is 0 Å². The molecule has 67 heavy (non-hydrogen) atoms. The highest BCUT2D eigenvalue weighted by atomic mass is 32.2. The molecule has 0 aliphatic rings. The van der Waals surface area contributed by atoms with E-state index in [1.165, 1.54) is 47.0 Å². The number of terminal acetylenes is 1. The third-order valence-corrected chi connectivity index (χ3v) is 12.9. The standard InChI is InChI=1S/2C11H21NO3S.C11H19NO3S.C11H17NO3S.3CH4/c4*1-2-3-5-9(13)6-4-7-16-8-10(12)11(14)15;;;/h2*10H,2-8,12H2,1H3,(H,14,15);2,10H,1,3-8,12H2,(H,14,15);1,10H,3-8,12H2,(H,14,15);3*1H4/t4*10-;;;/m0000.../s1. The Morgan fingerprint density at radius 1 is 0.478 bits per heavy atom. The van der Waals surface area contributed by atoms with E-state index in [1.807, 2.05) is 0 Å². The number of rotatable bonds is 39. The van der Waals surface area contributed by atoms with Gasteiger partial charge in [-0.25, -0.2) is 0 Å². The van der Waals surface area contributed by atoms with E-state index >= 15 is 0 Å². The Labute approximate surface area is 420 Å².